The second kappa shape index (κ2) is 7.86. The Labute approximate surface area is 149 Å². The highest BCUT2D eigenvalue weighted by Crippen LogP contribution is 2.39. The van der Waals surface area contributed by atoms with Crippen molar-refractivity contribution in [1.29, 1.82) is 0 Å². The summed E-state index contributed by atoms with van der Waals surface area (Å²) in [6, 6.07) is 1.65. The van der Waals surface area contributed by atoms with Crippen LogP contribution in [0.25, 0.3) is 0 Å². The number of piperidine rings is 1. The first-order chi connectivity index (χ1) is 12.0. The van der Waals surface area contributed by atoms with E-state index in [0.29, 0.717) is 38.1 Å². The van der Waals surface area contributed by atoms with Gasteiger partial charge in [-0.15, -0.1) is 0 Å². The first-order valence-corrected chi connectivity index (χ1v) is 8.45. The first-order valence-electron chi connectivity index (χ1n) is 7.87. The second-order valence-corrected chi connectivity index (χ2v) is 6.94. The summed E-state index contributed by atoms with van der Waals surface area (Å²) in [4.78, 5) is 24.4. The van der Waals surface area contributed by atoms with Crippen molar-refractivity contribution in [3.8, 4) is 0 Å². The number of likely N-dealkylation sites (tertiary alicyclic amines) is 1. The molecule has 1 fully saturated rings. The van der Waals surface area contributed by atoms with Gasteiger partial charge in [-0.25, -0.2) is 0 Å². The molecule has 2 amide bonds. The van der Waals surface area contributed by atoms with E-state index in [1.54, 1.807) is 4.90 Å². The lowest BCUT2D eigenvalue weighted by Crippen LogP contribution is -2.38. The van der Waals surface area contributed by atoms with Crippen LogP contribution in [0.5, 0.6) is 0 Å². The van der Waals surface area contributed by atoms with Crippen LogP contribution in [-0.4, -0.2) is 36.9 Å². The summed E-state index contributed by atoms with van der Waals surface area (Å²) in [7, 11) is 1.16. The highest BCUT2D eigenvalue weighted by molar-refractivity contribution is 7.17. The number of nitrogens with zero attached hydrogens (tertiary/aromatic N) is 1. The molecule has 0 radical (unpaired) electrons. The van der Waals surface area contributed by atoms with Gasteiger partial charge in [-0.2, -0.15) is 22.0 Å². The van der Waals surface area contributed by atoms with Gasteiger partial charge >= 0.3 is 6.18 Å². The summed E-state index contributed by atoms with van der Waals surface area (Å²) in [6.07, 6.45) is -2.81. The van der Waals surface area contributed by atoms with Gasteiger partial charge in [0.2, 0.25) is 6.41 Å². The monoisotopic (exact) mass is 396 g/mol. The van der Waals surface area contributed by atoms with Crippen LogP contribution in [0.3, 0.4) is 0 Å². The molecule has 0 spiro atoms. The third kappa shape index (κ3) is 5.37. The minimum Gasteiger partial charge on any atom is -0.352 e. The van der Waals surface area contributed by atoms with Crippen LogP contribution in [0.15, 0.2) is 18.2 Å². The number of hydrogen-bond donors (Lipinski definition) is 1. The van der Waals surface area contributed by atoms with Gasteiger partial charge in [-0.1, -0.05) is 9.24 Å². The van der Waals surface area contributed by atoms with Crippen molar-refractivity contribution >= 4 is 21.6 Å². The molecule has 1 aliphatic rings. The Morgan fingerprint density at radius 1 is 1.15 bits per heavy atom. The van der Waals surface area contributed by atoms with E-state index >= 15 is 0 Å². The van der Waals surface area contributed by atoms with E-state index in [1.165, 1.54) is 0 Å². The lowest BCUT2D eigenvalue weighted by molar-refractivity contribution is -0.137. The summed E-state index contributed by atoms with van der Waals surface area (Å²) in [5, 5.41) is 2.49. The van der Waals surface area contributed by atoms with Crippen LogP contribution in [-0.2, 0) is 16.6 Å². The van der Waals surface area contributed by atoms with Gasteiger partial charge in [0.15, 0.2) is 0 Å². The van der Waals surface area contributed by atoms with Crippen molar-refractivity contribution in [1.82, 2.24) is 10.2 Å². The largest absolute Gasteiger partial charge is 0.416 e. The third-order valence-electron chi connectivity index (χ3n) is 4.26. The molecule has 1 heterocycles. The van der Waals surface area contributed by atoms with E-state index in [4.69, 9.17) is 0 Å². The minimum atomic E-state index is -4.84. The standard InChI is InChI=1S/C16H18F5N2O2P/c17-15(18,19)12-5-11(6-13(7-12)16(20,21)26)14(25)22-8-10-1-3-23(9-24)4-2-10/h5-7,9-10H,1-4,8,26H2,(H,22,25). The molecule has 1 saturated heterocycles. The zero-order valence-electron chi connectivity index (χ0n) is 13.7. The Hall–Kier alpha value is -1.76. The molecule has 1 aliphatic heterocycles. The third-order valence-corrected chi connectivity index (χ3v) is 4.59. The highest BCUT2D eigenvalue weighted by atomic mass is 31.0. The maximum Gasteiger partial charge on any atom is 0.416 e. The van der Waals surface area contributed by atoms with Crippen LogP contribution < -0.4 is 5.32 Å². The van der Waals surface area contributed by atoms with Crippen molar-refractivity contribution in [3.05, 3.63) is 34.9 Å². The quantitative estimate of drug-likeness (QED) is 0.472. The molecular weight excluding hydrogens is 378 g/mol. The summed E-state index contributed by atoms with van der Waals surface area (Å²) in [5.74, 6) is -0.770. The van der Waals surface area contributed by atoms with Crippen molar-refractivity contribution in [2.24, 2.45) is 5.92 Å². The van der Waals surface area contributed by atoms with Gasteiger partial charge in [0.1, 0.15) is 0 Å². The van der Waals surface area contributed by atoms with Crippen molar-refractivity contribution in [2.45, 2.75) is 24.7 Å². The second-order valence-electron chi connectivity index (χ2n) is 6.21. The van der Waals surface area contributed by atoms with Gasteiger partial charge in [-0.05, 0) is 37.0 Å². The van der Waals surface area contributed by atoms with E-state index in [2.05, 4.69) is 5.32 Å². The maximum absolute atomic E-state index is 13.4. The van der Waals surface area contributed by atoms with Crippen molar-refractivity contribution < 1.29 is 31.5 Å². The Kier molecular flexibility index (Phi) is 6.21. The minimum absolute atomic E-state index is 0.0728. The first kappa shape index (κ1) is 20.6. The number of alkyl halides is 5. The van der Waals surface area contributed by atoms with Gasteiger partial charge in [0.25, 0.3) is 11.6 Å². The van der Waals surface area contributed by atoms with Crippen LogP contribution in [0, 0.1) is 5.92 Å². The van der Waals surface area contributed by atoms with Crippen LogP contribution in [0.2, 0.25) is 0 Å². The molecule has 144 valence electrons. The molecular formula is C16H18F5N2O2P. The molecule has 1 atom stereocenters. The zero-order valence-corrected chi connectivity index (χ0v) is 14.8. The molecule has 0 saturated carbocycles. The summed E-state index contributed by atoms with van der Waals surface area (Å²) in [6.45, 7) is 1.28. The smallest absolute Gasteiger partial charge is 0.352 e. The fraction of sp³-hybridized carbons (Fsp3) is 0.500. The van der Waals surface area contributed by atoms with Crippen molar-refractivity contribution in [2.75, 3.05) is 19.6 Å². The van der Waals surface area contributed by atoms with Crippen LogP contribution >= 0.6 is 9.24 Å². The molecule has 1 unspecified atom stereocenters. The SMILES string of the molecule is O=CN1CCC(CNC(=O)c2cc(C(F)(F)F)cc(C(F)(F)P)c2)CC1. The number of rotatable bonds is 5. The summed E-state index contributed by atoms with van der Waals surface area (Å²) >= 11 is 0. The number of carbonyl (C=O) groups is 2. The molecule has 0 aromatic heterocycles. The molecule has 1 aromatic rings. The Bertz CT molecular complexity index is 635. The van der Waals surface area contributed by atoms with Gasteiger partial charge in [0.05, 0.1) is 5.56 Å². The predicted molar refractivity (Wildman–Crippen MR) is 87.7 cm³/mol. The van der Waals surface area contributed by atoms with E-state index in [0.717, 1.165) is 21.7 Å². The maximum atomic E-state index is 13.4. The van der Waals surface area contributed by atoms with E-state index in [9.17, 15) is 31.5 Å². The number of halogens is 5. The predicted octanol–water partition coefficient (Wildman–Crippen LogP) is 3.23. The zero-order chi connectivity index (χ0) is 19.5. The Morgan fingerprint density at radius 3 is 2.23 bits per heavy atom. The normalized spacial score (nSPS) is 16.5. The van der Waals surface area contributed by atoms with Gasteiger partial charge < -0.3 is 10.2 Å². The number of nitrogens with one attached hydrogen (secondary N) is 1. The van der Waals surface area contributed by atoms with Gasteiger partial charge in [-0.3, -0.25) is 9.59 Å². The number of carbonyl (C=O) groups excluding carboxylic acids is 2. The lowest BCUT2D eigenvalue weighted by atomic mass is 9.97. The van der Waals surface area contributed by atoms with Crippen LogP contribution in [0.4, 0.5) is 22.0 Å². The lowest BCUT2D eigenvalue weighted by Gasteiger charge is -2.29. The number of amides is 2. The van der Waals surface area contributed by atoms with Gasteiger partial charge in [0, 0.05) is 30.8 Å². The summed E-state index contributed by atoms with van der Waals surface area (Å²) < 4.78 is 65.7. The average Bonchev–Trinajstić information content (AvgIpc) is 2.58. The molecule has 10 heteroatoms. The Balaban J connectivity index is 2.11. The molecule has 2 rings (SSSR count). The molecule has 26 heavy (non-hydrogen) atoms. The summed E-state index contributed by atoms with van der Waals surface area (Å²) in [5.41, 5.74) is -6.26. The average molecular weight is 396 g/mol. The molecule has 1 N–H and O–H groups in total. The highest BCUT2D eigenvalue weighted by Gasteiger charge is 2.35. The molecule has 1 aromatic carbocycles. The van der Waals surface area contributed by atoms with E-state index in [1.807, 2.05) is 0 Å². The number of hydrogen-bond acceptors (Lipinski definition) is 2. The van der Waals surface area contributed by atoms with E-state index < -0.39 is 34.4 Å². The van der Waals surface area contributed by atoms with Crippen LogP contribution in [0.1, 0.15) is 34.3 Å². The molecule has 0 bridgehead atoms. The fourth-order valence-corrected chi connectivity index (χ4v) is 2.88. The number of benzene rings is 1. The molecule has 0 aliphatic carbocycles. The van der Waals surface area contributed by atoms with E-state index in [-0.39, 0.29) is 12.5 Å². The fourth-order valence-electron chi connectivity index (χ4n) is 2.72. The Morgan fingerprint density at radius 2 is 1.73 bits per heavy atom. The molecule has 4 nitrogen and oxygen atoms in total. The topological polar surface area (TPSA) is 49.4 Å². The van der Waals surface area contributed by atoms with Crippen molar-refractivity contribution in [3.63, 3.8) is 0 Å².